The highest BCUT2D eigenvalue weighted by atomic mass is 16.1. The maximum atomic E-state index is 11.1. The molecule has 0 bridgehead atoms. The van der Waals surface area contributed by atoms with Crippen molar-refractivity contribution < 1.29 is 4.79 Å². The van der Waals surface area contributed by atoms with E-state index in [1.54, 1.807) is 36.7 Å². The second-order valence-electron chi connectivity index (χ2n) is 4.03. The molecule has 0 saturated carbocycles. The van der Waals surface area contributed by atoms with E-state index in [1.807, 2.05) is 18.2 Å². The Labute approximate surface area is 111 Å². The fourth-order valence-corrected chi connectivity index (χ4v) is 1.72. The number of aldehydes is 1. The van der Waals surface area contributed by atoms with Gasteiger partial charge in [-0.15, -0.1) is 0 Å². The van der Waals surface area contributed by atoms with Gasteiger partial charge in [-0.05, 0) is 41.8 Å². The van der Waals surface area contributed by atoms with Crippen LogP contribution in [0.25, 0.3) is 5.57 Å². The van der Waals surface area contributed by atoms with Gasteiger partial charge < -0.3 is 0 Å². The summed E-state index contributed by atoms with van der Waals surface area (Å²) in [5.74, 6) is 0. The molecule has 0 aliphatic heterocycles. The Morgan fingerprint density at radius 2 is 1.84 bits per heavy atom. The standard InChI is InChI=1S/C16H12N2O/c17-11-14-2-4-15(5-3-14)16(12-19)6-1-13-7-9-18-10-8-13/h2-10,12H,1H2. The SMILES string of the molecule is N#Cc1ccc(C(C=O)=CCc2ccncc2)cc1. The quantitative estimate of drug-likeness (QED) is 0.617. The van der Waals surface area contributed by atoms with Gasteiger partial charge >= 0.3 is 0 Å². The number of carbonyl (C=O) groups is 1. The number of rotatable bonds is 4. The summed E-state index contributed by atoms with van der Waals surface area (Å²) in [5, 5.41) is 8.74. The van der Waals surface area contributed by atoms with E-state index < -0.39 is 0 Å². The van der Waals surface area contributed by atoms with E-state index in [0.717, 1.165) is 17.4 Å². The van der Waals surface area contributed by atoms with Crippen LogP contribution in [-0.2, 0) is 11.2 Å². The first kappa shape index (κ1) is 12.7. The molecule has 0 fully saturated rings. The van der Waals surface area contributed by atoms with Crippen LogP contribution in [0.5, 0.6) is 0 Å². The molecule has 1 aromatic heterocycles. The Kier molecular flexibility index (Phi) is 4.20. The van der Waals surface area contributed by atoms with Gasteiger partial charge in [-0.2, -0.15) is 5.26 Å². The van der Waals surface area contributed by atoms with Crippen molar-refractivity contribution >= 4 is 11.9 Å². The lowest BCUT2D eigenvalue weighted by Crippen LogP contribution is -1.89. The number of carbonyl (C=O) groups excluding carboxylic acids is 1. The molecule has 0 N–H and O–H groups in total. The third kappa shape index (κ3) is 3.36. The zero-order valence-electron chi connectivity index (χ0n) is 10.3. The van der Waals surface area contributed by atoms with Gasteiger partial charge in [0, 0.05) is 18.0 Å². The molecule has 1 heterocycles. The van der Waals surface area contributed by atoms with E-state index in [1.165, 1.54) is 0 Å². The molecule has 0 unspecified atom stereocenters. The Morgan fingerprint density at radius 1 is 1.16 bits per heavy atom. The first-order chi connectivity index (χ1) is 9.33. The van der Waals surface area contributed by atoms with E-state index in [-0.39, 0.29) is 0 Å². The van der Waals surface area contributed by atoms with Gasteiger partial charge in [0.15, 0.2) is 0 Å². The summed E-state index contributed by atoms with van der Waals surface area (Å²) in [7, 11) is 0. The fraction of sp³-hybridized carbons (Fsp3) is 0.0625. The largest absolute Gasteiger partial charge is 0.298 e. The monoisotopic (exact) mass is 248 g/mol. The first-order valence-electron chi connectivity index (χ1n) is 5.88. The van der Waals surface area contributed by atoms with Crippen molar-refractivity contribution in [3.05, 3.63) is 71.6 Å². The maximum Gasteiger partial charge on any atom is 0.150 e. The molecule has 0 aliphatic carbocycles. The second kappa shape index (κ2) is 6.27. The number of nitrogens with zero attached hydrogens (tertiary/aromatic N) is 2. The summed E-state index contributed by atoms with van der Waals surface area (Å²) in [6.45, 7) is 0. The summed E-state index contributed by atoms with van der Waals surface area (Å²) in [6.07, 6.45) is 6.85. The predicted octanol–water partition coefficient (Wildman–Crippen LogP) is 2.78. The third-order valence-electron chi connectivity index (χ3n) is 2.78. The maximum absolute atomic E-state index is 11.1. The molecule has 3 heteroatoms. The zero-order valence-corrected chi connectivity index (χ0v) is 10.3. The lowest BCUT2D eigenvalue weighted by atomic mass is 10.0. The normalized spacial score (nSPS) is 10.8. The van der Waals surface area contributed by atoms with E-state index in [0.29, 0.717) is 17.6 Å². The number of allylic oxidation sites excluding steroid dienone is 2. The highest BCUT2D eigenvalue weighted by molar-refractivity contribution is 6.06. The predicted molar refractivity (Wildman–Crippen MR) is 73.1 cm³/mol. The van der Waals surface area contributed by atoms with E-state index in [4.69, 9.17) is 5.26 Å². The minimum absolute atomic E-state index is 0.586. The van der Waals surface area contributed by atoms with Gasteiger partial charge in [0.2, 0.25) is 0 Å². The molecule has 1 aromatic carbocycles. The van der Waals surface area contributed by atoms with Crippen LogP contribution in [0.3, 0.4) is 0 Å². The highest BCUT2D eigenvalue weighted by Gasteiger charge is 2.00. The van der Waals surface area contributed by atoms with Crippen molar-refractivity contribution in [2.24, 2.45) is 0 Å². The molecule has 2 aromatic rings. The van der Waals surface area contributed by atoms with Gasteiger partial charge in [-0.1, -0.05) is 18.2 Å². The molecule has 0 spiro atoms. The Hall–Kier alpha value is -2.73. The lowest BCUT2D eigenvalue weighted by Gasteiger charge is -2.01. The summed E-state index contributed by atoms with van der Waals surface area (Å²) in [4.78, 5) is 15.1. The highest BCUT2D eigenvalue weighted by Crippen LogP contribution is 2.14. The molecule has 19 heavy (non-hydrogen) atoms. The topological polar surface area (TPSA) is 53.8 Å². The second-order valence-corrected chi connectivity index (χ2v) is 4.03. The minimum atomic E-state index is 0.586. The Morgan fingerprint density at radius 3 is 2.42 bits per heavy atom. The van der Waals surface area contributed by atoms with Crippen molar-refractivity contribution in [3.8, 4) is 6.07 Å². The van der Waals surface area contributed by atoms with Crippen molar-refractivity contribution in [2.45, 2.75) is 6.42 Å². The third-order valence-corrected chi connectivity index (χ3v) is 2.78. The average Bonchev–Trinajstić information content (AvgIpc) is 2.49. The van der Waals surface area contributed by atoms with Gasteiger partial charge in [0.05, 0.1) is 11.6 Å². The van der Waals surface area contributed by atoms with Crippen molar-refractivity contribution in [1.29, 1.82) is 5.26 Å². The summed E-state index contributed by atoms with van der Waals surface area (Å²) in [5.41, 5.74) is 3.13. The van der Waals surface area contributed by atoms with Crippen molar-refractivity contribution in [1.82, 2.24) is 4.98 Å². The number of hydrogen-bond acceptors (Lipinski definition) is 3. The lowest BCUT2D eigenvalue weighted by molar-refractivity contribution is -0.103. The van der Waals surface area contributed by atoms with Crippen LogP contribution in [0.4, 0.5) is 0 Å². The van der Waals surface area contributed by atoms with Gasteiger partial charge in [-0.3, -0.25) is 9.78 Å². The first-order valence-corrected chi connectivity index (χ1v) is 5.88. The van der Waals surface area contributed by atoms with E-state index >= 15 is 0 Å². The van der Waals surface area contributed by atoms with E-state index in [2.05, 4.69) is 11.1 Å². The minimum Gasteiger partial charge on any atom is -0.298 e. The number of benzene rings is 1. The van der Waals surface area contributed by atoms with Crippen molar-refractivity contribution in [3.63, 3.8) is 0 Å². The molecule has 0 radical (unpaired) electrons. The molecule has 0 saturated heterocycles. The van der Waals surface area contributed by atoms with Crippen LogP contribution >= 0.6 is 0 Å². The molecule has 2 rings (SSSR count). The zero-order chi connectivity index (χ0) is 13.5. The Bertz CT molecular complexity index is 622. The summed E-state index contributed by atoms with van der Waals surface area (Å²) >= 11 is 0. The number of hydrogen-bond donors (Lipinski definition) is 0. The molecule has 3 nitrogen and oxygen atoms in total. The smallest absolute Gasteiger partial charge is 0.150 e. The van der Waals surface area contributed by atoms with Crippen LogP contribution in [-0.4, -0.2) is 11.3 Å². The molecule has 0 atom stereocenters. The van der Waals surface area contributed by atoms with Gasteiger partial charge in [-0.25, -0.2) is 0 Å². The Balaban J connectivity index is 2.19. The molecule has 0 amide bonds. The van der Waals surface area contributed by atoms with E-state index in [9.17, 15) is 4.79 Å². The van der Waals surface area contributed by atoms with Crippen LogP contribution in [0.2, 0.25) is 0 Å². The number of nitriles is 1. The molecular formula is C16H12N2O. The van der Waals surface area contributed by atoms with Crippen LogP contribution in [0, 0.1) is 11.3 Å². The fourth-order valence-electron chi connectivity index (χ4n) is 1.72. The summed E-state index contributed by atoms with van der Waals surface area (Å²) < 4.78 is 0. The van der Waals surface area contributed by atoms with Gasteiger partial charge in [0.25, 0.3) is 0 Å². The summed E-state index contributed by atoms with van der Waals surface area (Å²) in [6, 6.07) is 12.9. The number of pyridine rings is 1. The van der Waals surface area contributed by atoms with Gasteiger partial charge in [0.1, 0.15) is 6.29 Å². The van der Waals surface area contributed by atoms with Crippen LogP contribution in [0.1, 0.15) is 16.7 Å². The van der Waals surface area contributed by atoms with Crippen LogP contribution < -0.4 is 0 Å². The number of aromatic nitrogens is 1. The molecular weight excluding hydrogens is 236 g/mol. The average molecular weight is 248 g/mol. The van der Waals surface area contributed by atoms with Crippen LogP contribution in [0.15, 0.2) is 54.9 Å². The van der Waals surface area contributed by atoms with Crippen molar-refractivity contribution in [2.75, 3.05) is 0 Å². The molecule has 92 valence electrons. The molecule has 0 aliphatic rings.